The van der Waals surface area contributed by atoms with Crippen LogP contribution in [0.25, 0.3) is 0 Å². The smallest absolute Gasteiger partial charge is 0.271 e. The van der Waals surface area contributed by atoms with E-state index in [2.05, 4.69) is 26.6 Å². The molecule has 1 aromatic heterocycles. The number of hydrogen-bond donors (Lipinski definition) is 1. The van der Waals surface area contributed by atoms with Crippen LogP contribution in [-0.4, -0.2) is 47.1 Å². The van der Waals surface area contributed by atoms with Gasteiger partial charge in [-0.25, -0.2) is 4.68 Å². The van der Waals surface area contributed by atoms with Gasteiger partial charge in [-0.05, 0) is 25.0 Å². The first-order valence-electron chi connectivity index (χ1n) is 7.72. The summed E-state index contributed by atoms with van der Waals surface area (Å²) in [5.74, 6) is 0.713. The van der Waals surface area contributed by atoms with Gasteiger partial charge in [0.05, 0.1) is 13.3 Å². The number of anilines is 1. The first kappa shape index (κ1) is 15.3. The molecule has 23 heavy (non-hydrogen) atoms. The van der Waals surface area contributed by atoms with Crippen molar-refractivity contribution in [2.24, 2.45) is 7.05 Å². The Morgan fingerprint density at radius 1 is 1.43 bits per heavy atom. The van der Waals surface area contributed by atoms with E-state index >= 15 is 0 Å². The van der Waals surface area contributed by atoms with Crippen molar-refractivity contribution in [1.29, 1.82) is 0 Å². The van der Waals surface area contributed by atoms with Gasteiger partial charge in [-0.2, -0.15) is 0 Å². The van der Waals surface area contributed by atoms with Crippen LogP contribution in [0.4, 0.5) is 5.69 Å². The number of carbonyl (C=O) groups is 1. The van der Waals surface area contributed by atoms with Crippen LogP contribution < -0.4 is 15.0 Å². The second-order valence-corrected chi connectivity index (χ2v) is 5.70. The fourth-order valence-electron chi connectivity index (χ4n) is 2.89. The van der Waals surface area contributed by atoms with Crippen LogP contribution in [-0.2, 0) is 7.05 Å². The van der Waals surface area contributed by atoms with Gasteiger partial charge in [0.1, 0.15) is 11.4 Å². The van der Waals surface area contributed by atoms with Crippen molar-refractivity contribution in [3.8, 4) is 5.75 Å². The molecule has 1 aromatic carbocycles. The van der Waals surface area contributed by atoms with E-state index in [1.165, 1.54) is 10.9 Å². The van der Waals surface area contributed by atoms with Crippen LogP contribution in [0, 0.1) is 0 Å². The lowest BCUT2D eigenvalue weighted by atomic mass is 10.0. The molecular weight excluding hydrogens is 294 g/mol. The highest BCUT2D eigenvalue weighted by Crippen LogP contribution is 2.24. The van der Waals surface area contributed by atoms with E-state index in [4.69, 9.17) is 4.74 Å². The molecule has 0 saturated carbocycles. The Hall–Kier alpha value is -2.57. The second kappa shape index (κ2) is 6.68. The molecule has 0 bridgehead atoms. The molecular formula is C16H21N5O2. The van der Waals surface area contributed by atoms with Crippen LogP contribution in [0.15, 0.2) is 30.5 Å². The Balaban J connectivity index is 1.66. The number of rotatable bonds is 4. The van der Waals surface area contributed by atoms with E-state index in [-0.39, 0.29) is 11.9 Å². The Morgan fingerprint density at radius 2 is 2.30 bits per heavy atom. The van der Waals surface area contributed by atoms with Crippen molar-refractivity contribution in [2.75, 3.05) is 25.1 Å². The third-order valence-electron chi connectivity index (χ3n) is 4.12. The third-order valence-corrected chi connectivity index (χ3v) is 4.12. The molecule has 0 spiro atoms. The maximum absolute atomic E-state index is 12.3. The lowest BCUT2D eigenvalue weighted by Crippen LogP contribution is -2.48. The molecule has 1 aliphatic heterocycles. The van der Waals surface area contributed by atoms with Gasteiger partial charge in [-0.15, -0.1) is 5.10 Å². The fourth-order valence-corrected chi connectivity index (χ4v) is 2.89. The second-order valence-electron chi connectivity index (χ2n) is 5.70. The van der Waals surface area contributed by atoms with E-state index in [0.717, 1.165) is 37.4 Å². The number of nitrogens with one attached hydrogen (secondary N) is 1. The molecule has 122 valence electrons. The maximum atomic E-state index is 12.3. The van der Waals surface area contributed by atoms with Crippen molar-refractivity contribution < 1.29 is 9.53 Å². The molecule has 1 N–H and O–H groups in total. The topological polar surface area (TPSA) is 72.3 Å². The molecule has 1 saturated heterocycles. The number of benzene rings is 1. The minimum absolute atomic E-state index is 0.109. The number of aryl methyl sites for hydroxylation is 1. The summed E-state index contributed by atoms with van der Waals surface area (Å²) >= 11 is 0. The molecule has 1 amide bonds. The van der Waals surface area contributed by atoms with Gasteiger partial charge in [0, 0.05) is 37.9 Å². The largest absolute Gasteiger partial charge is 0.497 e. The highest BCUT2D eigenvalue weighted by Gasteiger charge is 2.23. The van der Waals surface area contributed by atoms with Gasteiger partial charge in [0.25, 0.3) is 5.91 Å². The summed E-state index contributed by atoms with van der Waals surface area (Å²) in [5.41, 5.74) is 1.59. The quantitative estimate of drug-likeness (QED) is 0.918. The predicted molar refractivity (Wildman–Crippen MR) is 86.7 cm³/mol. The lowest BCUT2D eigenvalue weighted by molar-refractivity contribution is 0.0923. The van der Waals surface area contributed by atoms with Gasteiger partial charge >= 0.3 is 0 Å². The average Bonchev–Trinajstić information content (AvgIpc) is 3.01. The van der Waals surface area contributed by atoms with Crippen LogP contribution >= 0.6 is 0 Å². The summed E-state index contributed by atoms with van der Waals surface area (Å²) in [4.78, 5) is 14.6. The van der Waals surface area contributed by atoms with Crippen molar-refractivity contribution >= 4 is 11.6 Å². The van der Waals surface area contributed by atoms with Gasteiger partial charge in [0.15, 0.2) is 0 Å². The zero-order chi connectivity index (χ0) is 16.2. The zero-order valence-corrected chi connectivity index (χ0v) is 13.4. The van der Waals surface area contributed by atoms with Gasteiger partial charge < -0.3 is 15.0 Å². The van der Waals surface area contributed by atoms with E-state index in [1.807, 2.05) is 18.2 Å². The van der Waals surface area contributed by atoms with Crippen molar-refractivity contribution in [3.05, 3.63) is 36.2 Å². The van der Waals surface area contributed by atoms with E-state index in [1.54, 1.807) is 14.2 Å². The standard InChI is InChI=1S/C16H21N5O2/c1-20-15(10-17-19-20)16(22)18-12-5-4-8-21(11-12)13-6-3-7-14(9-13)23-2/h3,6-7,9-10,12H,4-5,8,11H2,1-2H3,(H,18,22)/t12-/m1/s1. The van der Waals surface area contributed by atoms with Crippen molar-refractivity contribution in [2.45, 2.75) is 18.9 Å². The summed E-state index contributed by atoms with van der Waals surface area (Å²) in [7, 11) is 3.38. The third kappa shape index (κ3) is 3.44. The molecule has 7 nitrogen and oxygen atoms in total. The first-order chi connectivity index (χ1) is 11.2. The summed E-state index contributed by atoms with van der Waals surface area (Å²) in [6.07, 6.45) is 3.49. The van der Waals surface area contributed by atoms with Crippen LogP contribution in [0.2, 0.25) is 0 Å². The summed E-state index contributed by atoms with van der Waals surface area (Å²) in [6.45, 7) is 1.76. The number of amides is 1. The molecule has 0 aliphatic carbocycles. The van der Waals surface area contributed by atoms with E-state index < -0.39 is 0 Å². The normalized spacial score (nSPS) is 17.8. The summed E-state index contributed by atoms with van der Waals surface area (Å²) in [6, 6.07) is 8.12. The minimum atomic E-state index is -0.130. The number of nitrogens with zero attached hydrogens (tertiary/aromatic N) is 4. The van der Waals surface area contributed by atoms with Gasteiger partial charge in [-0.3, -0.25) is 4.79 Å². The highest BCUT2D eigenvalue weighted by atomic mass is 16.5. The highest BCUT2D eigenvalue weighted by molar-refractivity contribution is 5.92. The van der Waals surface area contributed by atoms with Gasteiger partial charge in [0.2, 0.25) is 0 Å². The molecule has 2 heterocycles. The Morgan fingerprint density at radius 3 is 3.04 bits per heavy atom. The molecule has 0 radical (unpaired) electrons. The first-order valence-corrected chi connectivity index (χ1v) is 7.72. The number of carbonyl (C=O) groups excluding carboxylic acids is 1. The molecule has 1 aliphatic rings. The van der Waals surface area contributed by atoms with Crippen LogP contribution in [0.5, 0.6) is 5.75 Å². The van der Waals surface area contributed by atoms with Crippen LogP contribution in [0.1, 0.15) is 23.3 Å². The summed E-state index contributed by atoms with van der Waals surface area (Å²) in [5, 5.41) is 10.6. The lowest BCUT2D eigenvalue weighted by Gasteiger charge is -2.34. The Labute approximate surface area is 135 Å². The van der Waals surface area contributed by atoms with Gasteiger partial charge in [-0.1, -0.05) is 11.3 Å². The number of methoxy groups -OCH3 is 1. The average molecular weight is 315 g/mol. The maximum Gasteiger partial charge on any atom is 0.271 e. The molecule has 1 atom stereocenters. The predicted octanol–water partition coefficient (Wildman–Crippen LogP) is 1.22. The minimum Gasteiger partial charge on any atom is -0.497 e. The number of piperidine rings is 1. The zero-order valence-electron chi connectivity index (χ0n) is 13.4. The molecule has 7 heteroatoms. The van der Waals surface area contributed by atoms with E-state index in [0.29, 0.717) is 5.69 Å². The SMILES string of the molecule is COc1cccc(N2CCC[C@@H](NC(=O)c3cnnn3C)C2)c1. The molecule has 0 unspecified atom stereocenters. The van der Waals surface area contributed by atoms with E-state index in [9.17, 15) is 4.79 Å². The Kier molecular flexibility index (Phi) is 4.45. The number of ether oxygens (including phenoxy) is 1. The molecule has 2 aromatic rings. The monoisotopic (exact) mass is 315 g/mol. The number of hydrogen-bond acceptors (Lipinski definition) is 5. The number of aromatic nitrogens is 3. The van der Waals surface area contributed by atoms with Crippen molar-refractivity contribution in [1.82, 2.24) is 20.3 Å². The summed E-state index contributed by atoms with van der Waals surface area (Å²) < 4.78 is 6.77. The molecule has 3 rings (SSSR count). The Bertz CT molecular complexity index is 685. The molecule has 1 fully saturated rings. The van der Waals surface area contributed by atoms with Crippen molar-refractivity contribution in [3.63, 3.8) is 0 Å². The van der Waals surface area contributed by atoms with Crippen LogP contribution in [0.3, 0.4) is 0 Å². The fraction of sp³-hybridized carbons (Fsp3) is 0.438.